The van der Waals surface area contributed by atoms with Gasteiger partial charge in [0.2, 0.25) is 5.91 Å². The molecule has 1 fully saturated rings. The Labute approximate surface area is 138 Å². The normalized spacial score (nSPS) is 15.3. The first-order valence-electron chi connectivity index (χ1n) is 8.46. The van der Waals surface area contributed by atoms with Crippen molar-refractivity contribution < 1.29 is 9.59 Å². The monoisotopic (exact) mass is 317 g/mol. The maximum absolute atomic E-state index is 12.4. The predicted octanol–water partition coefficient (Wildman–Crippen LogP) is 3.11. The van der Waals surface area contributed by atoms with Gasteiger partial charge in [0.25, 0.3) is 0 Å². The van der Waals surface area contributed by atoms with Gasteiger partial charge in [-0.2, -0.15) is 0 Å². The topological polar surface area (TPSA) is 52.7 Å². The van der Waals surface area contributed by atoms with E-state index in [4.69, 9.17) is 0 Å². The predicted molar refractivity (Wildman–Crippen MR) is 92.4 cm³/mol. The van der Waals surface area contributed by atoms with Crippen LogP contribution in [0.1, 0.15) is 32.3 Å². The fourth-order valence-corrected chi connectivity index (χ4v) is 2.91. The number of hydrogen-bond acceptors (Lipinski definition) is 2. The largest absolute Gasteiger partial charge is 0.326 e. The Morgan fingerprint density at radius 3 is 2.22 bits per heavy atom. The zero-order chi connectivity index (χ0) is 16.8. The third-order valence-electron chi connectivity index (χ3n) is 4.49. The van der Waals surface area contributed by atoms with Gasteiger partial charge in [0, 0.05) is 37.8 Å². The molecule has 1 N–H and O–H groups in total. The molecule has 0 spiro atoms. The third kappa shape index (κ3) is 4.47. The highest BCUT2D eigenvalue weighted by molar-refractivity contribution is 5.92. The van der Waals surface area contributed by atoms with Crippen LogP contribution in [0.5, 0.6) is 0 Å². The van der Waals surface area contributed by atoms with Gasteiger partial charge in [-0.1, -0.05) is 17.7 Å². The number of nitrogens with one attached hydrogen (secondary N) is 1. The SMILES string of the molecule is CCN(CC)C(=O)N1CCC(C(=O)Nc2ccc(C)cc2)CC1. The molecule has 23 heavy (non-hydrogen) atoms. The smallest absolute Gasteiger partial charge is 0.319 e. The molecule has 1 heterocycles. The van der Waals surface area contributed by atoms with E-state index in [1.165, 1.54) is 5.56 Å². The number of likely N-dealkylation sites (tertiary alicyclic amines) is 1. The van der Waals surface area contributed by atoms with Gasteiger partial charge in [-0.25, -0.2) is 4.79 Å². The van der Waals surface area contributed by atoms with Crippen LogP contribution in [-0.2, 0) is 4.79 Å². The summed E-state index contributed by atoms with van der Waals surface area (Å²) in [5.74, 6) is 0.0425. The number of anilines is 1. The van der Waals surface area contributed by atoms with E-state index in [0.717, 1.165) is 31.6 Å². The molecule has 0 aliphatic carbocycles. The number of benzene rings is 1. The quantitative estimate of drug-likeness (QED) is 0.927. The second kappa shape index (κ2) is 7.99. The van der Waals surface area contributed by atoms with E-state index in [1.807, 2.05) is 54.8 Å². The number of amides is 3. The van der Waals surface area contributed by atoms with Gasteiger partial charge in [-0.3, -0.25) is 4.79 Å². The van der Waals surface area contributed by atoms with Gasteiger partial charge >= 0.3 is 6.03 Å². The zero-order valence-corrected chi connectivity index (χ0v) is 14.3. The van der Waals surface area contributed by atoms with Gasteiger partial charge < -0.3 is 15.1 Å². The molecule has 0 bridgehead atoms. The van der Waals surface area contributed by atoms with E-state index < -0.39 is 0 Å². The molecule has 5 nitrogen and oxygen atoms in total. The fourth-order valence-electron chi connectivity index (χ4n) is 2.91. The Kier molecular flexibility index (Phi) is 6.02. The lowest BCUT2D eigenvalue weighted by Crippen LogP contribution is -2.47. The van der Waals surface area contributed by atoms with Gasteiger partial charge in [0.05, 0.1) is 0 Å². The fraction of sp³-hybridized carbons (Fsp3) is 0.556. The zero-order valence-electron chi connectivity index (χ0n) is 14.3. The molecule has 0 radical (unpaired) electrons. The number of urea groups is 1. The Morgan fingerprint density at radius 1 is 1.13 bits per heavy atom. The van der Waals surface area contributed by atoms with Crippen molar-refractivity contribution in [3.05, 3.63) is 29.8 Å². The summed E-state index contributed by atoms with van der Waals surface area (Å²) >= 11 is 0. The van der Waals surface area contributed by atoms with E-state index in [0.29, 0.717) is 13.1 Å². The number of piperidine rings is 1. The molecule has 0 atom stereocenters. The summed E-state index contributed by atoms with van der Waals surface area (Å²) in [6.07, 6.45) is 1.45. The summed E-state index contributed by atoms with van der Waals surface area (Å²) in [7, 11) is 0. The standard InChI is InChI=1S/C18H27N3O2/c1-4-20(5-2)18(23)21-12-10-15(11-13-21)17(22)19-16-8-6-14(3)7-9-16/h6-9,15H,4-5,10-13H2,1-3H3,(H,19,22). The first kappa shape index (κ1) is 17.3. The molecule has 1 aliphatic heterocycles. The average molecular weight is 317 g/mol. The Bertz CT molecular complexity index is 530. The molecular weight excluding hydrogens is 290 g/mol. The second-order valence-corrected chi connectivity index (χ2v) is 6.07. The van der Waals surface area contributed by atoms with Crippen molar-refractivity contribution >= 4 is 17.6 Å². The van der Waals surface area contributed by atoms with E-state index in [1.54, 1.807) is 0 Å². The van der Waals surface area contributed by atoms with Crippen molar-refractivity contribution in [1.29, 1.82) is 0 Å². The van der Waals surface area contributed by atoms with Gasteiger partial charge in [0.15, 0.2) is 0 Å². The van der Waals surface area contributed by atoms with Crippen molar-refractivity contribution in [3.8, 4) is 0 Å². The number of rotatable bonds is 4. The molecule has 2 rings (SSSR count). The van der Waals surface area contributed by atoms with Crippen LogP contribution < -0.4 is 5.32 Å². The van der Waals surface area contributed by atoms with Crippen LogP contribution >= 0.6 is 0 Å². The first-order valence-corrected chi connectivity index (χ1v) is 8.46. The van der Waals surface area contributed by atoms with Crippen LogP contribution in [0.3, 0.4) is 0 Å². The number of carbonyl (C=O) groups is 2. The van der Waals surface area contributed by atoms with E-state index >= 15 is 0 Å². The lowest BCUT2D eigenvalue weighted by Gasteiger charge is -2.34. The Balaban J connectivity index is 1.85. The molecule has 1 saturated heterocycles. The summed E-state index contributed by atoms with van der Waals surface area (Å²) in [6.45, 7) is 8.76. The minimum Gasteiger partial charge on any atom is -0.326 e. The maximum Gasteiger partial charge on any atom is 0.319 e. The van der Waals surface area contributed by atoms with Gasteiger partial charge in [0.1, 0.15) is 0 Å². The Morgan fingerprint density at radius 2 is 1.70 bits per heavy atom. The highest BCUT2D eigenvalue weighted by Crippen LogP contribution is 2.20. The van der Waals surface area contributed by atoms with Crippen LogP contribution in [0.4, 0.5) is 10.5 Å². The number of aryl methyl sites for hydroxylation is 1. The van der Waals surface area contributed by atoms with Crippen LogP contribution in [0, 0.1) is 12.8 Å². The van der Waals surface area contributed by atoms with Crippen LogP contribution in [0.25, 0.3) is 0 Å². The van der Waals surface area contributed by atoms with Gasteiger partial charge in [-0.15, -0.1) is 0 Å². The number of carbonyl (C=O) groups excluding carboxylic acids is 2. The lowest BCUT2D eigenvalue weighted by molar-refractivity contribution is -0.121. The summed E-state index contributed by atoms with van der Waals surface area (Å²) in [4.78, 5) is 28.4. The molecule has 5 heteroatoms. The van der Waals surface area contributed by atoms with Crippen LogP contribution in [0.2, 0.25) is 0 Å². The Hall–Kier alpha value is -2.04. The first-order chi connectivity index (χ1) is 11.0. The molecule has 1 aliphatic rings. The van der Waals surface area contributed by atoms with E-state index in [9.17, 15) is 9.59 Å². The molecule has 1 aromatic carbocycles. The summed E-state index contributed by atoms with van der Waals surface area (Å²) in [5.41, 5.74) is 2.01. The molecule has 0 unspecified atom stereocenters. The summed E-state index contributed by atoms with van der Waals surface area (Å²) in [5, 5.41) is 2.98. The molecule has 3 amide bonds. The summed E-state index contributed by atoms with van der Waals surface area (Å²) in [6, 6.07) is 7.91. The minimum atomic E-state index is -0.0166. The van der Waals surface area contributed by atoms with Crippen LogP contribution in [0.15, 0.2) is 24.3 Å². The summed E-state index contributed by atoms with van der Waals surface area (Å²) < 4.78 is 0. The molecule has 0 aromatic heterocycles. The number of nitrogens with zero attached hydrogens (tertiary/aromatic N) is 2. The average Bonchev–Trinajstić information content (AvgIpc) is 2.58. The van der Waals surface area contributed by atoms with Crippen molar-refractivity contribution in [3.63, 3.8) is 0 Å². The maximum atomic E-state index is 12.4. The molecule has 1 aromatic rings. The van der Waals surface area contributed by atoms with Crippen molar-refractivity contribution in [2.24, 2.45) is 5.92 Å². The van der Waals surface area contributed by atoms with Crippen molar-refractivity contribution in [2.45, 2.75) is 33.6 Å². The highest BCUT2D eigenvalue weighted by atomic mass is 16.2. The number of hydrogen-bond donors (Lipinski definition) is 1. The van der Waals surface area contributed by atoms with E-state index in [-0.39, 0.29) is 17.9 Å². The van der Waals surface area contributed by atoms with Crippen LogP contribution in [-0.4, -0.2) is 47.9 Å². The van der Waals surface area contributed by atoms with Crippen molar-refractivity contribution in [1.82, 2.24) is 9.80 Å². The highest BCUT2D eigenvalue weighted by Gasteiger charge is 2.28. The second-order valence-electron chi connectivity index (χ2n) is 6.07. The van der Waals surface area contributed by atoms with E-state index in [2.05, 4.69) is 5.32 Å². The third-order valence-corrected chi connectivity index (χ3v) is 4.49. The minimum absolute atomic E-state index is 0.0166. The molecular formula is C18H27N3O2. The lowest BCUT2D eigenvalue weighted by atomic mass is 9.96. The van der Waals surface area contributed by atoms with Crippen molar-refractivity contribution in [2.75, 3.05) is 31.5 Å². The van der Waals surface area contributed by atoms with Gasteiger partial charge in [-0.05, 0) is 45.7 Å². The molecule has 126 valence electrons. The molecule has 0 saturated carbocycles.